The molecule has 2 amide bonds. The fourth-order valence-corrected chi connectivity index (χ4v) is 3.92. The van der Waals surface area contributed by atoms with Gasteiger partial charge >= 0.3 is 0 Å². The van der Waals surface area contributed by atoms with Crippen LogP contribution in [0.3, 0.4) is 0 Å². The van der Waals surface area contributed by atoms with Crippen LogP contribution in [0.2, 0.25) is 0 Å². The van der Waals surface area contributed by atoms with E-state index >= 15 is 0 Å². The van der Waals surface area contributed by atoms with E-state index in [1.807, 2.05) is 30.3 Å². The van der Waals surface area contributed by atoms with E-state index in [2.05, 4.69) is 5.32 Å². The number of carbonyl (C=O) groups excluding carboxylic acids is 2. The molecule has 1 unspecified atom stereocenters. The number of nitrogens with zero attached hydrogens (tertiary/aromatic N) is 2. The average Bonchev–Trinajstić information content (AvgIpc) is 3.59. The predicted octanol–water partition coefficient (Wildman–Crippen LogP) is 3.00. The Morgan fingerprint density at radius 2 is 1.88 bits per heavy atom. The van der Waals surface area contributed by atoms with Crippen LogP contribution in [0.25, 0.3) is 10.9 Å². The fourth-order valence-electron chi connectivity index (χ4n) is 3.92. The predicted molar refractivity (Wildman–Crippen MR) is 98.9 cm³/mol. The van der Waals surface area contributed by atoms with Crippen molar-refractivity contribution in [1.82, 2.24) is 15.2 Å². The molecule has 0 radical (unpaired) electrons. The minimum atomic E-state index is -0.334. The van der Waals surface area contributed by atoms with Crippen LogP contribution in [0.4, 0.5) is 0 Å². The van der Waals surface area contributed by atoms with Crippen molar-refractivity contribution in [2.24, 2.45) is 0 Å². The third kappa shape index (κ3) is 2.85. The second kappa shape index (κ2) is 6.08. The molecule has 2 aromatic rings. The van der Waals surface area contributed by atoms with Gasteiger partial charge in [-0.1, -0.05) is 18.2 Å². The summed E-state index contributed by atoms with van der Waals surface area (Å²) in [6.07, 6.45) is 6.05. The van der Waals surface area contributed by atoms with E-state index < -0.39 is 0 Å². The van der Waals surface area contributed by atoms with Crippen LogP contribution in [-0.2, 0) is 4.79 Å². The lowest BCUT2D eigenvalue weighted by molar-refractivity contribution is -0.125. The second-order valence-corrected chi connectivity index (χ2v) is 7.83. The average molecular weight is 349 g/mol. The number of rotatable bonds is 4. The summed E-state index contributed by atoms with van der Waals surface area (Å²) in [6, 6.07) is 9.79. The van der Waals surface area contributed by atoms with E-state index in [9.17, 15) is 9.59 Å². The molecule has 26 heavy (non-hydrogen) atoms. The van der Waals surface area contributed by atoms with Gasteiger partial charge in [0.1, 0.15) is 6.04 Å². The van der Waals surface area contributed by atoms with Crippen molar-refractivity contribution < 1.29 is 9.59 Å². The largest absolute Gasteiger partial charge is 0.352 e. The molecule has 1 N–H and O–H groups in total. The quantitative estimate of drug-likeness (QED) is 0.923. The molecule has 1 aromatic carbocycles. The summed E-state index contributed by atoms with van der Waals surface area (Å²) in [5.41, 5.74) is 2.59. The van der Waals surface area contributed by atoms with Crippen molar-refractivity contribution >= 4 is 22.7 Å². The first-order valence-corrected chi connectivity index (χ1v) is 9.72. The topological polar surface area (TPSA) is 62.3 Å². The monoisotopic (exact) mass is 349 g/mol. The summed E-state index contributed by atoms with van der Waals surface area (Å²) in [7, 11) is 0. The Morgan fingerprint density at radius 1 is 1.08 bits per heavy atom. The molecule has 1 saturated heterocycles. The molecule has 0 spiro atoms. The van der Waals surface area contributed by atoms with E-state index in [1.54, 1.807) is 4.90 Å². The van der Waals surface area contributed by atoms with Gasteiger partial charge in [-0.15, -0.1) is 0 Å². The van der Waals surface area contributed by atoms with E-state index in [0.717, 1.165) is 55.1 Å². The molecule has 3 aliphatic rings. The first-order chi connectivity index (χ1) is 12.7. The van der Waals surface area contributed by atoms with Crippen LogP contribution in [0.15, 0.2) is 30.3 Å². The summed E-state index contributed by atoms with van der Waals surface area (Å²) in [6.45, 7) is 0.650. The molecular formula is C21H23N3O2. The van der Waals surface area contributed by atoms with Crippen LogP contribution < -0.4 is 5.32 Å². The van der Waals surface area contributed by atoms with Gasteiger partial charge in [0.25, 0.3) is 5.91 Å². The zero-order valence-electron chi connectivity index (χ0n) is 14.8. The lowest BCUT2D eigenvalue weighted by Gasteiger charge is -2.25. The number of hydrogen-bond donors (Lipinski definition) is 1. The van der Waals surface area contributed by atoms with Gasteiger partial charge in [-0.25, -0.2) is 0 Å². The van der Waals surface area contributed by atoms with Gasteiger partial charge in [-0.3, -0.25) is 14.6 Å². The number of amides is 2. The van der Waals surface area contributed by atoms with Gasteiger partial charge in [0.05, 0.1) is 11.1 Å². The summed E-state index contributed by atoms with van der Waals surface area (Å²) in [5, 5.41) is 3.95. The number of para-hydroxylation sites is 1. The van der Waals surface area contributed by atoms with E-state index in [1.165, 1.54) is 0 Å². The maximum Gasteiger partial charge on any atom is 0.255 e. The van der Waals surface area contributed by atoms with E-state index in [4.69, 9.17) is 4.98 Å². The Balaban J connectivity index is 1.49. The molecule has 134 valence electrons. The van der Waals surface area contributed by atoms with Crippen molar-refractivity contribution in [3.8, 4) is 0 Å². The molecule has 1 aromatic heterocycles. The number of benzene rings is 1. The number of aromatic nitrogens is 1. The molecule has 2 saturated carbocycles. The number of fused-ring (bicyclic) bond motifs is 1. The first kappa shape index (κ1) is 15.8. The highest BCUT2D eigenvalue weighted by Gasteiger charge is 2.37. The SMILES string of the molecule is O=C(NC1CC1)C1CCCN1C(=O)c1cc(C2CC2)nc2ccccc12. The van der Waals surface area contributed by atoms with Gasteiger partial charge in [0.15, 0.2) is 0 Å². The maximum absolute atomic E-state index is 13.4. The molecule has 1 atom stereocenters. The van der Waals surface area contributed by atoms with Crippen molar-refractivity contribution in [2.45, 2.75) is 56.5 Å². The normalized spacial score (nSPS) is 22.6. The van der Waals surface area contributed by atoms with Gasteiger partial charge in [0.2, 0.25) is 5.91 Å². The highest BCUT2D eigenvalue weighted by Crippen LogP contribution is 2.40. The lowest BCUT2D eigenvalue weighted by Crippen LogP contribution is -2.46. The summed E-state index contributed by atoms with van der Waals surface area (Å²) >= 11 is 0. The zero-order valence-corrected chi connectivity index (χ0v) is 14.8. The molecular weight excluding hydrogens is 326 g/mol. The van der Waals surface area contributed by atoms with Crippen LogP contribution in [-0.4, -0.2) is 40.3 Å². The number of pyridine rings is 1. The van der Waals surface area contributed by atoms with E-state index in [0.29, 0.717) is 24.1 Å². The first-order valence-electron chi connectivity index (χ1n) is 9.72. The lowest BCUT2D eigenvalue weighted by atomic mass is 10.0. The van der Waals surface area contributed by atoms with Gasteiger partial charge in [-0.2, -0.15) is 0 Å². The van der Waals surface area contributed by atoms with Crippen LogP contribution >= 0.6 is 0 Å². The zero-order chi connectivity index (χ0) is 17.7. The van der Waals surface area contributed by atoms with Crippen LogP contribution in [0.5, 0.6) is 0 Å². The minimum Gasteiger partial charge on any atom is -0.352 e. The van der Waals surface area contributed by atoms with Crippen molar-refractivity contribution in [3.63, 3.8) is 0 Å². The van der Waals surface area contributed by atoms with Gasteiger partial charge < -0.3 is 10.2 Å². The van der Waals surface area contributed by atoms with Gasteiger partial charge in [0, 0.05) is 29.6 Å². The second-order valence-electron chi connectivity index (χ2n) is 7.83. The molecule has 2 aliphatic carbocycles. The number of nitrogens with one attached hydrogen (secondary N) is 1. The molecule has 2 heterocycles. The number of hydrogen-bond acceptors (Lipinski definition) is 3. The Kier molecular flexibility index (Phi) is 3.69. The summed E-state index contributed by atoms with van der Waals surface area (Å²) in [4.78, 5) is 32.5. The van der Waals surface area contributed by atoms with Crippen LogP contribution in [0, 0.1) is 0 Å². The molecule has 5 rings (SSSR count). The van der Waals surface area contributed by atoms with E-state index in [-0.39, 0.29) is 17.9 Å². The third-order valence-corrected chi connectivity index (χ3v) is 5.70. The molecule has 0 bridgehead atoms. The Morgan fingerprint density at radius 3 is 2.65 bits per heavy atom. The summed E-state index contributed by atoms with van der Waals surface area (Å²) in [5.74, 6) is 0.469. The Hall–Kier alpha value is -2.43. The Bertz CT molecular complexity index is 886. The minimum absolute atomic E-state index is 0.0131. The van der Waals surface area contributed by atoms with Crippen LogP contribution in [0.1, 0.15) is 60.5 Å². The Labute approximate surface area is 152 Å². The number of carbonyl (C=O) groups is 2. The van der Waals surface area contributed by atoms with Crippen molar-refractivity contribution in [1.29, 1.82) is 0 Å². The highest BCUT2D eigenvalue weighted by atomic mass is 16.2. The number of likely N-dealkylation sites (tertiary alicyclic amines) is 1. The van der Waals surface area contributed by atoms with Crippen molar-refractivity contribution in [3.05, 3.63) is 41.6 Å². The molecule has 3 fully saturated rings. The molecule has 5 heteroatoms. The van der Waals surface area contributed by atoms with Gasteiger partial charge in [-0.05, 0) is 50.7 Å². The smallest absolute Gasteiger partial charge is 0.255 e. The molecule has 5 nitrogen and oxygen atoms in total. The fraction of sp³-hybridized carbons (Fsp3) is 0.476. The maximum atomic E-state index is 13.4. The third-order valence-electron chi connectivity index (χ3n) is 5.70. The molecule has 1 aliphatic heterocycles. The van der Waals surface area contributed by atoms with Crippen molar-refractivity contribution in [2.75, 3.05) is 6.54 Å². The standard InChI is InChI=1S/C21H23N3O2/c25-20(22-14-9-10-14)19-6-3-11-24(19)21(26)16-12-18(13-7-8-13)23-17-5-2-1-4-15(16)17/h1-2,4-5,12-14,19H,3,6-11H2,(H,22,25). The summed E-state index contributed by atoms with van der Waals surface area (Å²) < 4.78 is 0. The highest BCUT2D eigenvalue weighted by molar-refractivity contribution is 6.07.